The summed E-state index contributed by atoms with van der Waals surface area (Å²) in [5.41, 5.74) is 1.39. The zero-order valence-electron chi connectivity index (χ0n) is 14.6. The number of hydrogen-bond donors (Lipinski definition) is 2. The summed E-state index contributed by atoms with van der Waals surface area (Å²) in [7, 11) is 2.29. The number of pyridine rings is 2. The minimum absolute atomic E-state index is 0. The van der Waals surface area contributed by atoms with Crippen LogP contribution >= 0.6 is 11.6 Å². The summed E-state index contributed by atoms with van der Waals surface area (Å²) in [5, 5.41) is 26.9. The van der Waals surface area contributed by atoms with Crippen molar-refractivity contribution < 1.29 is 49.6 Å². The van der Waals surface area contributed by atoms with E-state index in [1.807, 2.05) is 0 Å². The molecule has 0 amide bonds. The summed E-state index contributed by atoms with van der Waals surface area (Å²) >= 11 is 5.65. The van der Waals surface area contributed by atoms with Crippen LogP contribution in [0.4, 0.5) is 0 Å². The first-order valence-corrected chi connectivity index (χ1v) is 7.21. The van der Waals surface area contributed by atoms with E-state index in [2.05, 4.69) is 9.97 Å². The Kier molecular flexibility index (Phi) is 15.5. The van der Waals surface area contributed by atoms with E-state index in [4.69, 9.17) is 26.6 Å². The average molecular weight is 365 g/mol. The topological polar surface area (TPSA) is 98.5 Å². The van der Waals surface area contributed by atoms with Gasteiger partial charge in [-0.3, -0.25) is 0 Å². The monoisotopic (exact) mass is 364 g/mol. The van der Waals surface area contributed by atoms with Gasteiger partial charge in [-0.2, -0.15) is 7.11 Å². The fourth-order valence-electron chi connectivity index (χ4n) is 1.60. The van der Waals surface area contributed by atoms with E-state index in [-0.39, 0.29) is 29.6 Å². The first kappa shape index (κ1) is 25.5. The van der Waals surface area contributed by atoms with E-state index in [0.29, 0.717) is 16.6 Å². The maximum Gasteiger partial charge on any atom is 1.00 e. The van der Waals surface area contributed by atoms with Gasteiger partial charge in [0, 0.05) is 23.5 Å². The van der Waals surface area contributed by atoms with Gasteiger partial charge in [0.2, 0.25) is 5.88 Å². The number of methoxy groups -OCH3 is 1. The van der Waals surface area contributed by atoms with Crippen LogP contribution in [0, 0.1) is 0 Å². The fraction of sp³-hybridized carbons (Fsp3) is 0.375. The van der Waals surface area contributed by atoms with Crippen molar-refractivity contribution in [1.82, 2.24) is 9.97 Å². The minimum atomic E-state index is -0.541. The smallest absolute Gasteiger partial charge is 0.857 e. The van der Waals surface area contributed by atoms with Crippen molar-refractivity contribution in [3.63, 3.8) is 0 Å². The third kappa shape index (κ3) is 8.94. The van der Waals surface area contributed by atoms with Gasteiger partial charge in [-0.1, -0.05) is 17.7 Å². The molecule has 2 N–H and O–H groups in total. The number of hydrogen-bond acceptors (Lipinski definition) is 6. The van der Waals surface area contributed by atoms with Gasteiger partial charge in [-0.15, -0.1) is 0 Å². The van der Waals surface area contributed by atoms with E-state index in [1.54, 1.807) is 50.5 Å². The second kappa shape index (κ2) is 14.6. The molecule has 0 aliphatic carbocycles. The van der Waals surface area contributed by atoms with Crippen molar-refractivity contribution in [3.05, 3.63) is 52.9 Å². The molecule has 0 spiro atoms. The van der Waals surface area contributed by atoms with Gasteiger partial charge in [-0.05, 0) is 32.0 Å². The van der Waals surface area contributed by atoms with Crippen LogP contribution in [0.5, 0.6) is 5.88 Å². The largest absolute Gasteiger partial charge is 1.00 e. The molecular weight excluding hydrogens is 343 g/mol. The van der Waals surface area contributed by atoms with E-state index in [1.165, 1.54) is 7.11 Å². The molecular formula is C16H22ClN2NaO4. The Morgan fingerprint density at radius 2 is 1.46 bits per heavy atom. The molecule has 6 nitrogen and oxygen atoms in total. The van der Waals surface area contributed by atoms with E-state index in [0.717, 1.165) is 12.7 Å². The molecule has 0 bridgehead atoms. The Bertz CT molecular complexity index is 571. The predicted molar refractivity (Wildman–Crippen MR) is 87.2 cm³/mol. The summed E-state index contributed by atoms with van der Waals surface area (Å²) < 4.78 is 4.94. The van der Waals surface area contributed by atoms with Gasteiger partial charge in [0.1, 0.15) is 5.15 Å². The van der Waals surface area contributed by atoms with Gasteiger partial charge in [0.25, 0.3) is 0 Å². The second-order valence-electron chi connectivity index (χ2n) is 4.34. The maximum absolute atomic E-state index is 9.22. The molecule has 2 heterocycles. The van der Waals surface area contributed by atoms with Crippen LogP contribution < -0.4 is 39.4 Å². The van der Waals surface area contributed by atoms with Gasteiger partial charge in [-0.25, -0.2) is 9.97 Å². The maximum atomic E-state index is 9.22. The van der Waals surface area contributed by atoms with Crippen LogP contribution in [0.15, 0.2) is 36.7 Å². The van der Waals surface area contributed by atoms with Crippen LogP contribution in [-0.2, 0) is 0 Å². The summed E-state index contributed by atoms with van der Waals surface area (Å²) in [4.78, 5) is 7.74. The summed E-state index contributed by atoms with van der Waals surface area (Å²) in [5.74, 6) is 0.488. The third-order valence-electron chi connectivity index (χ3n) is 2.68. The normalized spacial score (nSPS) is 11.5. The molecule has 24 heavy (non-hydrogen) atoms. The molecule has 0 saturated carbocycles. The first-order chi connectivity index (χ1) is 11.0. The van der Waals surface area contributed by atoms with Crippen molar-refractivity contribution in [2.24, 2.45) is 0 Å². The van der Waals surface area contributed by atoms with Crippen LogP contribution in [0.3, 0.4) is 0 Å². The number of aliphatic hydroxyl groups is 2. The number of halogens is 1. The molecule has 0 unspecified atom stereocenters. The Balaban J connectivity index is 0. The van der Waals surface area contributed by atoms with Crippen LogP contribution in [-0.4, -0.2) is 34.4 Å². The fourth-order valence-corrected chi connectivity index (χ4v) is 1.88. The first-order valence-electron chi connectivity index (χ1n) is 6.83. The van der Waals surface area contributed by atoms with Gasteiger partial charge in [0.05, 0.1) is 19.3 Å². The molecule has 128 valence electrons. The molecule has 0 aliphatic rings. The zero-order chi connectivity index (χ0) is 17.8. The van der Waals surface area contributed by atoms with Crippen molar-refractivity contribution in [2.45, 2.75) is 26.1 Å². The Labute approximate surface area is 169 Å². The molecule has 2 aromatic heterocycles. The van der Waals surface area contributed by atoms with Crippen LogP contribution in [0.1, 0.15) is 37.2 Å². The van der Waals surface area contributed by atoms with E-state index < -0.39 is 12.2 Å². The zero-order valence-corrected chi connectivity index (χ0v) is 17.4. The molecule has 0 aromatic carbocycles. The molecule has 8 heteroatoms. The summed E-state index contributed by atoms with van der Waals surface area (Å²) in [6.07, 6.45) is 2.15. The van der Waals surface area contributed by atoms with Gasteiger partial charge < -0.3 is 20.1 Å². The van der Waals surface area contributed by atoms with Crippen molar-refractivity contribution in [3.8, 4) is 5.88 Å². The Morgan fingerprint density at radius 3 is 1.79 bits per heavy atom. The number of rotatable bonds is 3. The number of ether oxygens (including phenoxy) is 1. The molecule has 0 radical (unpaired) electrons. The molecule has 2 rings (SSSR count). The van der Waals surface area contributed by atoms with Gasteiger partial charge in [0.15, 0.2) is 0 Å². The molecule has 0 aliphatic heterocycles. The quantitative estimate of drug-likeness (QED) is 0.530. The van der Waals surface area contributed by atoms with E-state index >= 15 is 0 Å². The summed E-state index contributed by atoms with van der Waals surface area (Å²) in [6, 6.07) is 7.05. The SMILES string of the molecule is COc1ncccc1[C@@H](C)O.C[C@@H](O)c1cccnc1Cl.C[O-].[Na+]. The molecule has 0 fully saturated rings. The van der Waals surface area contributed by atoms with Crippen LogP contribution in [0.2, 0.25) is 5.15 Å². The molecule has 2 aromatic rings. The number of aliphatic hydroxyl groups excluding tert-OH is 2. The van der Waals surface area contributed by atoms with Gasteiger partial charge >= 0.3 is 29.6 Å². The van der Waals surface area contributed by atoms with Crippen molar-refractivity contribution in [2.75, 3.05) is 14.2 Å². The Morgan fingerprint density at radius 1 is 1.00 bits per heavy atom. The standard InChI is InChI=1S/C8H11NO2.C7H8ClNO.CH3O.Na/c1-6(10)7-4-3-5-9-8(7)11-2;1-5(10)6-3-2-4-9-7(6)8;1-2;/h3-6,10H,1-2H3;2-5,10H,1H3;1H3;/q;;-1;+1/t6-;5-;;/m11../s1. The van der Waals surface area contributed by atoms with Crippen LogP contribution in [0.25, 0.3) is 0 Å². The van der Waals surface area contributed by atoms with E-state index in [9.17, 15) is 5.11 Å². The minimum Gasteiger partial charge on any atom is -0.857 e. The predicted octanol–water partition coefficient (Wildman–Crippen LogP) is -1.09. The Hall–Kier alpha value is -0.730. The second-order valence-corrected chi connectivity index (χ2v) is 4.70. The van der Waals surface area contributed by atoms with Crippen molar-refractivity contribution >= 4 is 11.6 Å². The molecule has 0 saturated heterocycles. The number of nitrogens with zero attached hydrogens (tertiary/aromatic N) is 2. The summed E-state index contributed by atoms with van der Waals surface area (Å²) in [6.45, 7) is 3.34. The number of aromatic nitrogens is 2. The molecule has 2 atom stereocenters. The average Bonchev–Trinajstić information content (AvgIpc) is 2.57. The van der Waals surface area contributed by atoms with Crippen molar-refractivity contribution in [1.29, 1.82) is 0 Å². The third-order valence-corrected chi connectivity index (χ3v) is 3.00.